The maximum absolute atomic E-state index is 12.6. The van der Waals surface area contributed by atoms with Gasteiger partial charge in [0.05, 0.1) is 15.7 Å². The maximum atomic E-state index is 12.6. The van der Waals surface area contributed by atoms with Gasteiger partial charge in [0, 0.05) is 11.0 Å². The molecule has 4 fully saturated rings. The lowest BCUT2D eigenvalue weighted by Gasteiger charge is -2.55. The summed E-state index contributed by atoms with van der Waals surface area (Å²) in [5.74, 6) is 2.51. The number of benzene rings is 1. The van der Waals surface area contributed by atoms with Gasteiger partial charge in [-0.2, -0.15) is 0 Å². The van der Waals surface area contributed by atoms with Gasteiger partial charge in [-0.15, -0.1) is 21.5 Å². The molecule has 7 heteroatoms. The first kappa shape index (κ1) is 16.1. The lowest BCUT2D eigenvalue weighted by atomic mass is 9.50. The summed E-state index contributed by atoms with van der Waals surface area (Å²) in [6, 6.07) is 5.60. The SMILES string of the molecule is O=C(Nc1nnc(C23CC4CC(CC(C4)C2)C3)s1)c1ccc2ncsc2c1. The highest BCUT2D eigenvalue weighted by Gasteiger charge is 2.53. The lowest BCUT2D eigenvalue weighted by molar-refractivity contribution is -0.00555. The summed E-state index contributed by atoms with van der Waals surface area (Å²) in [5.41, 5.74) is 3.60. The highest BCUT2D eigenvalue weighted by atomic mass is 32.1. The monoisotopic (exact) mass is 396 g/mol. The molecule has 1 amide bonds. The van der Waals surface area contributed by atoms with E-state index in [0.717, 1.165) is 33.0 Å². The fourth-order valence-corrected chi connectivity index (χ4v) is 7.70. The predicted molar refractivity (Wildman–Crippen MR) is 107 cm³/mol. The van der Waals surface area contributed by atoms with Crippen molar-refractivity contribution < 1.29 is 4.79 Å². The third-order valence-electron chi connectivity index (χ3n) is 6.73. The number of amides is 1. The van der Waals surface area contributed by atoms with Gasteiger partial charge in [-0.05, 0) is 74.5 Å². The van der Waals surface area contributed by atoms with Crippen molar-refractivity contribution in [2.24, 2.45) is 17.8 Å². The quantitative estimate of drug-likeness (QED) is 0.686. The number of carbonyl (C=O) groups is 1. The number of hydrogen-bond acceptors (Lipinski definition) is 6. The smallest absolute Gasteiger partial charge is 0.257 e. The van der Waals surface area contributed by atoms with Crippen LogP contribution in [0.25, 0.3) is 10.2 Å². The van der Waals surface area contributed by atoms with E-state index in [-0.39, 0.29) is 11.3 Å². The predicted octanol–water partition coefficient (Wildman–Crippen LogP) is 4.87. The van der Waals surface area contributed by atoms with Gasteiger partial charge in [-0.25, -0.2) is 4.98 Å². The van der Waals surface area contributed by atoms with Gasteiger partial charge in [0.15, 0.2) is 0 Å². The Hall–Kier alpha value is -1.86. The highest BCUT2D eigenvalue weighted by Crippen LogP contribution is 2.61. The van der Waals surface area contributed by atoms with Crippen LogP contribution in [-0.4, -0.2) is 21.1 Å². The van der Waals surface area contributed by atoms with Crippen LogP contribution in [-0.2, 0) is 5.41 Å². The van der Waals surface area contributed by atoms with Gasteiger partial charge in [0.25, 0.3) is 5.91 Å². The molecule has 0 unspecified atom stereocenters. The number of nitrogens with zero attached hydrogens (tertiary/aromatic N) is 3. The molecular weight excluding hydrogens is 376 g/mol. The molecule has 1 aromatic carbocycles. The van der Waals surface area contributed by atoms with Crippen LogP contribution < -0.4 is 5.32 Å². The van der Waals surface area contributed by atoms with E-state index in [4.69, 9.17) is 0 Å². The Morgan fingerprint density at radius 3 is 2.56 bits per heavy atom. The molecule has 0 spiro atoms. The standard InChI is InChI=1S/C20H20N4OS2/c25-17(14-1-2-15-16(6-14)26-10-21-15)22-19-24-23-18(27-19)20-7-11-3-12(8-20)5-13(4-11)9-20/h1-2,6,10-13H,3-5,7-9H2,(H,22,24,25). The van der Waals surface area contributed by atoms with Crippen LogP contribution in [0.1, 0.15) is 53.9 Å². The second-order valence-corrected chi connectivity index (χ2v) is 10.5. The Balaban J connectivity index is 1.24. The highest BCUT2D eigenvalue weighted by molar-refractivity contribution is 7.16. The molecule has 2 heterocycles. The molecule has 1 N–H and O–H groups in total. The van der Waals surface area contributed by atoms with Gasteiger partial charge in [0.2, 0.25) is 5.13 Å². The van der Waals surface area contributed by atoms with Crippen LogP contribution in [0.2, 0.25) is 0 Å². The van der Waals surface area contributed by atoms with E-state index in [2.05, 4.69) is 20.5 Å². The molecule has 138 valence electrons. The molecule has 4 aliphatic carbocycles. The largest absolute Gasteiger partial charge is 0.296 e. The minimum Gasteiger partial charge on any atom is -0.296 e. The summed E-state index contributed by atoms with van der Waals surface area (Å²) in [4.78, 5) is 16.9. The van der Waals surface area contributed by atoms with Crippen LogP contribution in [0.3, 0.4) is 0 Å². The number of hydrogen-bond donors (Lipinski definition) is 1. The number of rotatable bonds is 3. The average molecular weight is 397 g/mol. The number of fused-ring (bicyclic) bond motifs is 1. The van der Waals surface area contributed by atoms with Crippen molar-refractivity contribution in [2.45, 2.75) is 43.9 Å². The van der Waals surface area contributed by atoms with Crippen molar-refractivity contribution in [1.82, 2.24) is 15.2 Å². The van der Waals surface area contributed by atoms with Crippen LogP contribution in [0, 0.1) is 17.8 Å². The third kappa shape index (κ3) is 2.63. The minimum atomic E-state index is -0.126. The minimum absolute atomic E-state index is 0.126. The Morgan fingerprint density at radius 2 is 1.81 bits per heavy atom. The van der Waals surface area contributed by atoms with Crippen molar-refractivity contribution in [3.8, 4) is 0 Å². The molecule has 5 nitrogen and oxygen atoms in total. The molecular formula is C20H20N4OS2. The summed E-state index contributed by atoms with van der Waals surface area (Å²) >= 11 is 3.13. The second-order valence-electron chi connectivity index (χ2n) is 8.60. The van der Waals surface area contributed by atoms with Crippen molar-refractivity contribution >= 4 is 43.9 Å². The number of thiazole rings is 1. The Morgan fingerprint density at radius 1 is 1.07 bits per heavy atom. The van der Waals surface area contributed by atoms with E-state index in [1.165, 1.54) is 38.5 Å². The van der Waals surface area contributed by atoms with Gasteiger partial charge >= 0.3 is 0 Å². The van der Waals surface area contributed by atoms with Crippen molar-refractivity contribution in [2.75, 3.05) is 5.32 Å². The van der Waals surface area contributed by atoms with E-state index in [0.29, 0.717) is 10.7 Å². The first-order chi connectivity index (χ1) is 13.2. The molecule has 4 aliphatic rings. The Bertz CT molecular complexity index is 1000. The molecule has 3 aromatic rings. The first-order valence-electron chi connectivity index (χ1n) is 9.65. The van der Waals surface area contributed by atoms with Gasteiger partial charge in [-0.1, -0.05) is 11.3 Å². The molecule has 0 aliphatic heterocycles. The third-order valence-corrected chi connectivity index (χ3v) is 8.61. The number of aromatic nitrogens is 3. The van der Waals surface area contributed by atoms with Crippen LogP contribution in [0.15, 0.2) is 23.7 Å². The van der Waals surface area contributed by atoms with Crippen LogP contribution in [0.5, 0.6) is 0 Å². The first-order valence-corrected chi connectivity index (χ1v) is 11.4. The second kappa shape index (κ2) is 5.82. The topological polar surface area (TPSA) is 67.8 Å². The summed E-state index contributed by atoms with van der Waals surface area (Å²) in [7, 11) is 0. The normalized spacial score (nSPS) is 31.5. The molecule has 0 saturated heterocycles. The zero-order valence-corrected chi connectivity index (χ0v) is 16.5. The summed E-state index contributed by atoms with van der Waals surface area (Å²) in [6.45, 7) is 0. The lowest BCUT2D eigenvalue weighted by Crippen LogP contribution is -2.48. The zero-order valence-electron chi connectivity index (χ0n) is 14.9. The number of nitrogens with one attached hydrogen (secondary N) is 1. The summed E-state index contributed by atoms with van der Waals surface area (Å²) in [6.07, 6.45) is 8.06. The molecule has 7 rings (SSSR count). The zero-order chi connectivity index (χ0) is 18.0. The van der Waals surface area contributed by atoms with Crippen LogP contribution in [0.4, 0.5) is 5.13 Å². The molecule has 27 heavy (non-hydrogen) atoms. The van der Waals surface area contributed by atoms with E-state index in [1.54, 1.807) is 28.2 Å². The van der Waals surface area contributed by atoms with E-state index < -0.39 is 0 Å². The van der Waals surface area contributed by atoms with Gasteiger partial charge in [-0.3, -0.25) is 10.1 Å². The molecule has 2 aromatic heterocycles. The summed E-state index contributed by atoms with van der Waals surface area (Å²) in [5, 5.41) is 13.6. The molecule has 0 atom stereocenters. The fourth-order valence-electron chi connectivity index (χ4n) is 6.03. The molecule has 4 saturated carbocycles. The van der Waals surface area contributed by atoms with Crippen molar-refractivity contribution in [3.63, 3.8) is 0 Å². The number of anilines is 1. The van der Waals surface area contributed by atoms with Gasteiger partial charge < -0.3 is 0 Å². The fraction of sp³-hybridized carbons (Fsp3) is 0.500. The van der Waals surface area contributed by atoms with E-state index in [1.807, 2.05) is 18.2 Å². The van der Waals surface area contributed by atoms with Crippen molar-refractivity contribution in [3.05, 3.63) is 34.3 Å². The van der Waals surface area contributed by atoms with Crippen molar-refractivity contribution in [1.29, 1.82) is 0 Å². The van der Waals surface area contributed by atoms with Crippen LogP contribution >= 0.6 is 22.7 Å². The molecule has 0 radical (unpaired) electrons. The average Bonchev–Trinajstić information content (AvgIpc) is 3.29. The Kier molecular flexibility index (Phi) is 3.47. The summed E-state index contributed by atoms with van der Waals surface area (Å²) < 4.78 is 1.02. The maximum Gasteiger partial charge on any atom is 0.257 e. The Labute approximate surface area is 165 Å². The van der Waals surface area contributed by atoms with Gasteiger partial charge in [0.1, 0.15) is 5.01 Å². The molecule has 4 bridgehead atoms. The number of carbonyl (C=O) groups excluding carboxylic acids is 1. The van der Waals surface area contributed by atoms with E-state index in [9.17, 15) is 4.79 Å². The van der Waals surface area contributed by atoms with E-state index >= 15 is 0 Å².